The summed E-state index contributed by atoms with van der Waals surface area (Å²) in [6.07, 6.45) is 3.08. The lowest BCUT2D eigenvalue weighted by molar-refractivity contribution is -0.143. The average Bonchev–Trinajstić information content (AvgIpc) is 2.76. The molecule has 3 nitrogen and oxygen atoms in total. The molecule has 1 fully saturated rings. The molecule has 0 radical (unpaired) electrons. The zero-order valence-electron chi connectivity index (χ0n) is 12.0. The van der Waals surface area contributed by atoms with Crippen molar-refractivity contribution in [2.45, 2.75) is 53.0 Å². The van der Waals surface area contributed by atoms with Crippen molar-refractivity contribution < 1.29 is 4.79 Å². The summed E-state index contributed by atoms with van der Waals surface area (Å²) < 4.78 is 0. The van der Waals surface area contributed by atoms with Crippen LogP contribution >= 0.6 is 0 Å². The Bertz CT molecular complexity index is 257. The van der Waals surface area contributed by atoms with Crippen LogP contribution in [0.4, 0.5) is 0 Å². The summed E-state index contributed by atoms with van der Waals surface area (Å²) in [4.78, 5) is 14.7. The van der Waals surface area contributed by atoms with Crippen LogP contribution in [0.3, 0.4) is 0 Å². The van der Waals surface area contributed by atoms with Crippen LogP contribution < -0.4 is 5.32 Å². The Hall–Kier alpha value is -0.570. The van der Waals surface area contributed by atoms with Gasteiger partial charge in [0.25, 0.3) is 0 Å². The highest BCUT2D eigenvalue weighted by Gasteiger charge is 2.42. The number of carbonyl (C=O) groups is 1. The molecular weight excluding hydrogens is 212 g/mol. The van der Waals surface area contributed by atoms with Gasteiger partial charge in [-0.2, -0.15) is 0 Å². The van der Waals surface area contributed by atoms with Crippen LogP contribution in [0.2, 0.25) is 0 Å². The number of rotatable bonds is 5. The minimum atomic E-state index is -0.132. The average molecular weight is 240 g/mol. The van der Waals surface area contributed by atoms with Crippen LogP contribution in [-0.2, 0) is 4.79 Å². The third-order valence-electron chi connectivity index (χ3n) is 4.32. The first kappa shape index (κ1) is 14.5. The number of hydrogen-bond donors (Lipinski definition) is 1. The van der Waals surface area contributed by atoms with Gasteiger partial charge >= 0.3 is 0 Å². The molecule has 0 aliphatic carbocycles. The predicted molar refractivity (Wildman–Crippen MR) is 71.9 cm³/mol. The lowest BCUT2D eigenvalue weighted by atomic mass is 9.80. The van der Waals surface area contributed by atoms with Gasteiger partial charge in [0.15, 0.2) is 0 Å². The first-order valence-electron chi connectivity index (χ1n) is 6.92. The minimum Gasteiger partial charge on any atom is -0.342 e. The molecule has 1 heterocycles. The highest BCUT2D eigenvalue weighted by Crippen LogP contribution is 2.34. The molecular formula is C14H28N2O. The summed E-state index contributed by atoms with van der Waals surface area (Å²) in [6, 6.07) is 0.317. The molecule has 0 spiro atoms. The molecule has 3 heteroatoms. The van der Waals surface area contributed by atoms with Gasteiger partial charge in [-0.05, 0) is 32.2 Å². The molecule has 2 atom stereocenters. The molecule has 1 amide bonds. The van der Waals surface area contributed by atoms with E-state index in [0.29, 0.717) is 17.9 Å². The molecule has 0 aromatic rings. The first-order valence-corrected chi connectivity index (χ1v) is 6.92. The van der Waals surface area contributed by atoms with Crippen LogP contribution in [0.25, 0.3) is 0 Å². The summed E-state index contributed by atoms with van der Waals surface area (Å²) in [7, 11) is 1.96. The molecule has 1 saturated heterocycles. The van der Waals surface area contributed by atoms with E-state index >= 15 is 0 Å². The van der Waals surface area contributed by atoms with E-state index in [9.17, 15) is 4.79 Å². The van der Waals surface area contributed by atoms with Gasteiger partial charge in [-0.25, -0.2) is 0 Å². The topological polar surface area (TPSA) is 32.3 Å². The van der Waals surface area contributed by atoms with Crippen molar-refractivity contribution in [2.75, 3.05) is 20.1 Å². The van der Waals surface area contributed by atoms with Crippen molar-refractivity contribution >= 4 is 5.91 Å². The minimum absolute atomic E-state index is 0.132. The molecule has 0 aromatic carbocycles. The lowest BCUT2D eigenvalue weighted by Crippen LogP contribution is -2.48. The summed E-state index contributed by atoms with van der Waals surface area (Å²) in [5, 5.41) is 3.35. The van der Waals surface area contributed by atoms with Crippen molar-refractivity contribution in [3.8, 4) is 0 Å². The van der Waals surface area contributed by atoms with Crippen molar-refractivity contribution in [1.29, 1.82) is 0 Å². The Labute approximate surface area is 106 Å². The maximum atomic E-state index is 12.7. The van der Waals surface area contributed by atoms with Gasteiger partial charge in [-0.3, -0.25) is 4.79 Å². The van der Waals surface area contributed by atoms with Gasteiger partial charge in [-0.15, -0.1) is 0 Å². The normalized spacial score (nSPS) is 26.2. The molecule has 1 N–H and O–H groups in total. The monoisotopic (exact) mass is 240 g/mol. The van der Waals surface area contributed by atoms with Gasteiger partial charge < -0.3 is 10.2 Å². The summed E-state index contributed by atoms with van der Waals surface area (Å²) in [6.45, 7) is 10.5. The summed E-state index contributed by atoms with van der Waals surface area (Å²) >= 11 is 0. The maximum absolute atomic E-state index is 12.7. The van der Waals surface area contributed by atoms with Crippen molar-refractivity contribution in [1.82, 2.24) is 10.2 Å². The largest absolute Gasteiger partial charge is 0.342 e. The Morgan fingerprint density at radius 3 is 2.47 bits per heavy atom. The molecule has 0 saturated carbocycles. The lowest BCUT2D eigenvalue weighted by Gasteiger charge is -2.36. The van der Waals surface area contributed by atoms with Gasteiger partial charge in [0, 0.05) is 19.6 Å². The second-order valence-corrected chi connectivity index (χ2v) is 5.86. The number of amides is 1. The standard InChI is InChI=1S/C14H28N2O/c1-6-7-14(8-9-15-10-14)13(17)16(5)12(4)11(2)3/h11-12,15H,6-10H2,1-5H3. The molecule has 0 bridgehead atoms. The Morgan fingerprint density at radius 2 is 2.06 bits per heavy atom. The third kappa shape index (κ3) is 3.01. The highest BCUT2D eigenvalue weighted by atomic mass is 16.2. The second kappa shape index (κ2) is 5.85. The first-order chi connectivity index (χ1) is 7.94. The van der Waals surface area contributed by atoms with E-state index in [-0.39, 0.29) is 5.41 Å². The smallest absolute Gasteiger partial charge is 0.230 e. The Balaban J connectivity index is 2.78. The van der Waals surface area contributed by atoms with Crippen molar-refractivity contribution in [3.63, 3.8) is 0 Å². The molecule has 0 aromatic heterocycles. The quantitative estimate of drug-likeness (QED) is 0.799. The van der Waals surface area contributed by atoms with E-state index in [0.717, 1.165) is 32.4 Å². The second-order valence-electron chi connectivity index (χ2n) is 5.86. The zero-order valence-corrected chi connectivity index (χ0v) is 12.0. The van der Waals surface area contributed by atoms with Crippen LogP contribution in [0.5, 0.6) is 0 Å². The van der Waals surface area contributed by atoms with Gasteiger partial charge in [0.2, 0.25) is 5.91 Å². The van der Waals surface area contributed by atoms with Crippen molar-refractivity contribution in [3.05, 3.63) is 0 Å². The fourth-order valence-electron chi connectivity index (χ4n) is 2.73. The number of hydrogen-bond acceptors (Lipinski definition) is 2. The fourth-order valence-corrected chi connectivity index (χ4v) is 2.73. The zero-order chi connectivity index (χ0) is 13.1. The number of nitrogens with one attached hydrogen (secondary N) is 1. The van der Waals surface area contributed by atoms with E-state index in [1.54, 1.807) is 0 Å². The van der Waals surface area contributed by atoms with Crippen LogP contribution in [-0.4, -0.2) is 37.0 Å². The third-order valence-corrected chi connectivity index (χ3v) is 4.32. The Kier molecular flexibility index (Phi) is 4.99. The van der Waals surface area contributed by atoms with E-state index in [2.05, 4.69) is 33.0 Å². The van der Waals surface area contributed by atoms with E-state index < -0.39 is 0 Å². The molecule has 1 aliphatic rings. The van der Waals surface area contributed by atoms with Gasteiger partial charge in [-0.1, -0.05) is 27.2 Å². The molecule has 17 heavy (non-hydrogen) atoms. The fraction of sp³-hybridized carbons (Fsp3) is 0.929. The highest BCUT2D eigenvalue weighted by molar-refractivity contribution is 5.83. The molecule has 1 rings (SSSR count). The van der Waals surface area contributed by atoms with Gasteiger partial charge in [0.05, 0.1) is 5.41 Å². The summed E-state index contributed by atoms with van der Waals surface area (Å²) in [5.74, 6) is 0.850. The molecule has 2 unspecified atom stereocenters. The predicted octanol–water partition coefficient (Wildman–Crippen LogP) is 2.27. The van der Waals surface area contributed by atoms with E-state index in [1.165, 1.54) is 0 Å². The van der Waals surface area contributed by atoms with E-state index in [4.69, 9.17) is 0 Å². The number of nitrogens with zero attached hydrogens (tertiary/aromatic N) is 1. The molecule has 100 valence electrons. The molecule has 1 aliphatic heterocycles. The van der Waals surface area contributed by atoms with Crippen LogP contribution in [0.1, 0.15) is 47.0 Å². The maximum Gasteiger partial charge on any atom is 0.230 e. The van der Waals surface area contributed by atoms with Gasteiger partial charge in [0.1, 0.15) is 0 Å². The SMILES string of the molecule is CCCC1(C(=O)N(C)C(C)C(C)C)CCNC1. The summed E-state index contributed by atoms with van der Waals surface area (Å²) in [5.41, 5.74) is -0.132. The van der Waals surface area contributed by atoms with Crippen molar-refractivity contribution in [2.24, 2.45) is 11.3 Å². The Morgan fingerprint density at radius 1 is 1.41 bits per heavy atom. The number of carbonyl (C=O) groups excluding carboxylic acids is 1. The van der Waals surface area contributed by atoms with Crippen LogP contribution in [0, 0.1) is 11.3 Å². The van der Waals surface area contributed by atoms with Crippen LogP contribution in [0.15, 0.2) is 0 Å². The van der Waals surface area contributed by atoms with E-state index in [1.807, 2.05) is 11.9 Å².